The Bertz CT molecular complexity index is 1080. The van der Waals surface area contributed by atoms with E-state index in [2.05, 4.69) is 41.1 Å². The quantitative estimate of drug-likeness (QED) is 0.592. The molecule has 6 nitrogen and oxygen atoms in total. The van der Waals surface area contributed by atoms with Crippen LogP contribution in [0.5, 0.6) is 0 Å². The predicted octanol–water partition coefficient (Wildman–Crippen LogP) is 5.01. The van der Waals surface area contributed by atoms with Crippen molar-refractivity contribution in [3.63, 3.8) is 0 Å². The molecule has 0 fully saturated rings. The van der Waals surface area contributed by atoms with Crippen LogP contribution in [0.15, 0.2) is 48.5 Å². The Morgan fingerprint density at radius 3 is 2.48 bits per heavy atom. The van der Waals surface area contributed by atoms with E-state index in [0.717, 1.165) is 49.3 Å². The summed E-state index contributed by atoms with van der Waals surface area (Å²) in [5, 5.41) is 2.93. The molecule has 4 rings (SSSR count). The Balaban J connectivity index is 1.62. The summed E-state index contributed by atoms with van der Waals surface area (Å²) < 4.78 is 7.21. The van der Waals surface area contributed by atoms with Gasteiger partial charge in [-0.3, -0.25) is 4.79 Å². The minimum atomic E-state index is -0.373. The van der Waals surface area contributed by atoms with Gasteiger partial charge in [0.05, 0.1) is 17.9 Å². The average Bonchev–Trinajstić information content (AvgIpc) is 2.96. The molecule has 1 aromatic heterocycles. The van der Waals surface area contributed by atoms with E-state index in [-0.39, 0.29) is 11.9 Å². The Morgan fingerprint density at radius 2 is 1.77 bits per heavy atom. The number of aryl methyl sites for hydroxylation is 1. The summed E-state index contributed by atoms with van der Waals surface area (Å²) >= 11 is 0. The van der Waals surface area contributed by atoms with Gasteiger partial charge >= 0.3 is 5.97 Å². The second-order valence-corrected chi connectivity index (χ2v) is 7.81. The lowest BCUT2D eigenvalue weighted by Gasteiger charge is -2.09. The standard InChI is InChI=1S/C25H27N3O3/c1-3-31-25(30)19-12-14-20(15-13-19)26-24(29)22-21-7-5-4-6-16-28(21)23(27-22)18-10-8-17(2)9-11-18/h8-15H,3-7,16H2,1-2H3,(H,26,29). The van der Waals surface area contributed by atoms with E-state index in [1.54, 1.807) is 31.2 Å². The van der Waals surface area contributed by atoms with Crippen LogP contribution in [0.4, 0.5) is 5.69 Å². The van der Waals surface area contributed by atoms with Gasteiger partial charge in [-0.05, 0) is 57.4 Å². The SMILES string of the molecule is CCOC(=O)c1ccc(NC(=O)c2nc(-c3ccc(C)cc3)n3c2CCCCC3)cc1. The van der Waals surface area contributed by atoms with Crippen molar-refractivity contribution in [2.24, 2.45) is 0 Å². The number of ether oxygens (including phenoxy) is 1. The van der Waals surface area contributed by atoms with Gasteiger partial charge in [0.2, 0.25) is 0 Å². The number of fused-ring (bicyclic) bond motifs is 1. The maximum Gasteiger partial charge on any atom is 0.338 e. The number of carbonyl (C=O) groups excluding carboxylic acids is 2. The fourth-order valence-electron chi connectivity index (χ4n) is 3.92. The van der Waals surface area contributed by atoms with Gasteiger partial charge in [-0.15, -0.1) is 0 Å². The van der Waals surface area contributed by atoms with Crippen molar-refractivity contribution in [1.29, 1.82) is 0 Å². The topological polar surface area (TPSA) is 73.2 Å². The highest BCUT2D eigenvalue weighted by Crippen LogP contribution is 2.28. The number of esters is 1. The molecule has 0 aliphatic carbocycles. The number of imidazole rings is 1. The molecule has 3 aromatic rings. The molecule has 31 heavy (non-hydrogen) atoms. The number of amides is 1. The van der Waals surface area contributed by atoms with Gasteiger partial charge in [-0.25, -0.2) is 9.78 Å². The second-order valence-electron chi connectivity index (χ2n) is 7.81. The van der Waals surface area contributed by atoms with Crippen LogP contribution in [0.25, 0.3) is 11.4 Å². The molecule has 1 aliphatic rings. The molecule has 0 radical (unpaired) electrons. The van der Waals surface area contributed by atoms with E-state index < -0.39 is 0 Å². The van der Waals surface area contributed by atoms with Crippen molar-refractivity contribution in [2.45, 2.75) is 46.1 Å². The van der Waals surface area contributed by atoms with Gasteiger partial charge < -0.3 is 14.6 Å². The molecule has 0 bridgehead atoms. The fourth-order valence-corrected chi connectivity index (χ4v) is 3.92. The normalized spacial score (nSPS) is 13.2. The Labute approximate surface area is 182 Å². The number of nitrogens with one attached hydrogen (secondary N) is 1. The number of benzene rings is 2. The van der Waals surface area contributed by atoms with Crippen molar-refractivity contribution in [1.82, 2.24) is 9.55 Å². The highest BCUT2D eigenvalue weighted by Gasteiger charge is 2.24. The Morgan fingerprint density at radius 1 is 1.03 bits per heavy atom. The summed E-state index contributed by atoms with van der Waals surface area (Å²) in [6.07, 6.45) is 4.11. The highest BCUT2D eigenvalue weighted by molar-refractivity contribution is 6.04. The number of nitrogens with zero attached hydrogens (tertiary/aromatic N) is 2. The molecule has 0 atom stereocenters. The first-order valence-corrected chi connectivity index (χ1v) is 10.8. The molecule has 0 spiro atoms. The number of hydrogen-bond acceptors (Lipinski definition) is 4. The third-order valence-electron chi connectivity index (χ3n) is 5.55. The second kappa shape index (κ2) is 9.16. The van der Waals surface area contributed by atoms with E-state index >= 15 is 0 Å². The van der Waals surface area contributed by atoms with Gasteiger partial charge in [0, 0.05) is 17.8 Å². The van der Waals surface area contributed by atoms with Gasteiger partial charge in [0.15, 0.2) is 0 Å². The van der Waals surface area contributed by atoms with E-state index in [1.807, 2.05) is 0 Å². The van der Waals surface area contributed by atoms with Crippen molar-refractivity contribution < 1.29 is 14.3 Å². The molecular formula is C25H27N3O3. The molecule has 0 unspecified atom stereocenters. The van der Waals surface area contributed by atoms with E-state index in [9.17, 15) is 9.59 Å². The van der Waals surface area contributed by atoms with Crippen LogP contribution >= 0.6 is 0 Å². The minimum Gasteiger partial charge on any atom is -0.462 e. The number of rotatable bonds is 5. The van der Waals surface area contributed by atoms with Crippen molar-refractivity contribution >= 4 is 17.6 Å². The monoisotopic (exact) mass is 417 g/mol. The summed E-state index contributed by atoms with van der Waals surface area (Å²) in [6, 6.07) is 15.0. The third-order valence-corrected chi connectivity index (χ3v) is 5.55. The summed E-state index contributed by atoms with van der Waals surface area (Å²) in [5.41, 5.74) is 4.76. The van der Waals surface area contributed by atoms with Crippen LogP contribution in [0.2, 0.25) is 0 Å². The largest absolute Gasteiger partial charge is 0.462 e. The maximum absolute atomic E-state index is 13.1. The first-order chi connectivity index (χ1) is 15.1. The molecule has 160 valence electrons. The first-order valence-electron chi connectivity index (χ1n) is 10.8. The lowest BCUT2D eigenvalue weighted by Crippen LogP contribution is -2.15. The minimum absolute atomic E-state index is 0.229. The smallest absolute Gasteiger partial charge is 0.338 e. The van der Waals surface area contributed by atoms with E-state index in [1.165, 1.54) is 5.56 Å². The lowest BCUT2D eigenvalue weighted by molar-refractivity contribution is 0.0526. The third kappa shape index (κ3) is 4.53. The van der Waals surface area contributed by atoms with Crippen LogP contribution in [-0.4, -0.2) is 28.0 Å². The van der Waals surface area contributed by atoms with Gasteiger partial charge in [-0.2, -0.15) is 0 Å². The molecule has 0 saturated heterocycles. The van der Waals surface area contributed by atoms with Gasteiger partial charge in [0.1, 0.15) is 11.5 Å². The molecule has 2 heterocycles. The number of carbonyl (C=O) groups is 2. The Hall–Kier alpha value is -3.41. The number of anilines is 1. The molecular weight excluding hydrogens is 390 g/mol. The molecule has 1 aliphatic heterocycles. The summed E-state index contributed by atoms with van der Waals surface area (Å²) in [6.45, 7) is 5.02. The van der Waals surface area contributed by atoms with Gasteiger partial charge in [-0.1, -0.05) is 36.2 Å². The fraction of sp³-hybridized carbons (Fsp3) is 0.320. The number of aromatic nitrogens is 2. The highest BCUT2D eigenvalue weighted by atomic mass is 16.5. The van der Waals surface area contributed by atoms with Crippen molar-refractivity contribution in [3.05, 3.63) is 71.0 Å². The summed E-state index contributed by atoms with van der Waals surface area (Å²) in [7, 11) is 0. The molecule has 0 saturated carbocycles. The van der Waals surface area contributed by atoms with Crippen LogP contribution in [0.1, 0.15) is 58.3 Å². The first kappa shape index (κ1) is 20.8. The van der Waals surface area contributed by atoms with Crippen LogP contribution < -0.4 is 5.32 Å². The van der Waals surface area contributed by atoms with Crippen LogP contribution in [0.3, 0.4) is 0 Å². The molecule has 2 aromatic carbocycles. The molecule has 1 amide bonds. The maximum atomic E-state index is 13.1. The predicted molar refractivity (Wildman–Crippen MR) is 120 cm³/mol. The van der Waals surface area contributed by atoms with E-state index in [4.69, 9.17) is 9.72 Å². The molecule has 6 heteroatoms. The Kier molecular flexibility index (Phi) is 6.16. The zero-order valence-corrected chi connectivity index (χ0v) is 18.0. The average molecular weight is 418 g/mol. The van der Waals surface area contributed by atoms with Crippen molar-refractivity contribution in [2.75, 3.05) is 11.9 Å². The van der Waals surface area contributed by atoms with Crippen molar-refractivity contribution in [3.8, 4) is 11.4 Å². The van der Waals surface area contributed by atoms with E-state index in [0.29, 0.717) is 23.6 Å². The zero-order valence-electron chi connectivity index (χ0n) is 18.0. The number of hydrogen-bond donors (Lipinski definition) is 1. The molecule has 1 N–H and O–H groups in total. The lowest BCUT2D eigenvalue weighted by atomic mass is 10.1. The van der Waals surface area contributed by atoms with Crippen LogP contribution in [0, 0.1) is 6.92 Å². The van der Waals surface area contributed by atoms with Crippen LogP contribution in [-0.2, 0) is 17.7 Å². The zero-order chi connectivity index (χ0) is 21.8. The summed E-state index contributed by atoms with van der Waals surface area (Å²) in [4.78, 5) is 29.7. The summed E-state index contributed by atoms with van der Waals surface area (Å²) in [5.74, 6) is 0.246. The van der Waals surface area contributed by atoms with Gasteiger partial charge in [0.25, 0.3) is 5.91 Å².